The molecule has 218 valence electrons. The lowest BCUT2D eigenvalue weighted by Gasteiger charge is -2.37. The summed E-state index contributed by atoms with van der Waals surface area (Å²) in [6.45, 7) is 20.1. The van der Waals surface area contributed by atoms with Crippen LogP contribution in [0.1, 0.15) is 80.1 Å². The van der Waals surface area contributed by atoms with E-state index in [1.807, 2.05) is 30.3 Å². The quantitative estimate of drug-likeness (QED) is 0.317. The molecule has 0 amide bonds. The summed E-state index contributed by atoms with van der Waals surface area (Å²) in [6, 6.07) is 9.55. The van der Waals surface area contributed by atoms with Crippen molar-refractivity contribution < 1.29 is 13.6 Å². The molecule has 2 fully saturated rings. The monoisotopic (exact) mass is 550 g/mol. The second kappa shape index (κ2) is 14.7. The first-order valence-corrected chi connectivity index (χ1v) is 16.4. The Morgan fingerprint density at radius 3 is 1.47 bits per heavy atom. The molecule has 0 aromatic heterocycles. The zero-order valence-electron chi connectivity index (χ0n) is 25.0. The number of nitrogens with one attached hydrogen (secondary N) is 2. The van der Waals surface area contributed by atoms with Crippen molar-refractivity contribution in [2.75, 3.05) is 52.7 Å². The van der Waals surface area contributed by atoms with E-state index >= 15 is 0 Å². The second-order valence-electron chi connectivity index (χ2n) is 13.3. The Morgan fingerprint density at radius 1 is 0.711 bits per heavy atom. The van der Waals surface area contributed by atoms with Gasteiger partial charge in [-0.3, -0.25) is 25.0 Å². The maximum Gasteiger partial charge on any atom is 0.361 e. The van der Waals surface area contributed by atoms with Gasteiger partial charge in [0.25, 0.3) is 0 Å². The molecule has 0 spiro atoms. The highest BCUT2D eigenvalue weighted by Crippen LogP contribution is 2.48. The van der Waals surface area contributed by atoms with Gasteiger partial charge in [0.1, 0.15) is 0 Å². The fourth-order valence-electron chi connectivity index (χ4n) is 5.09. The Hall–Kier alpha value is -0.790. The molecule has 0 bridgehead atoms. The normalized spacial score (nSPS) is 20.4. The van der Waals surface area contributed by atoms with E-state index in [1.165, 1.54) is 38.5 Å². The summed E-state index contributed by atoms with van der Waals surface area (Å²) in [7, 11) is -3.54. The molecule has 0 aliphatic carbocycles. The minimum atomic E-state index is -3.54. The Labute approximate surface area is 232 Å². The van der Waals surface area contributed by atoms with Crippen LogP contribution in [0, 0.1) is 10.8 Å². The summed E-state index contributed by atoms with van der Waals surface area (Å²) < 4.78 is 27.0. The molecular weight excluding hydrogens is 495 g/mol. The Balaban J connectivity index is 1.67. The number of benzene rings is 1. The average Bonchev–Trinajstić information content (AvgIpc) is 2.89. The summed E-state index contributed by atoms with van der Waals surface area (Å²) in [5.41, 5.74) is -0.109. The first kappa shape index (κ1) is 31.7. The first-order valence-electron chi connectivity index (χ1n) is 14.8. The van der Waals surface area contributed by atoms with E-state index in [4.69, 9.17) is 9.05 Å². The van der Waals surface area contributed by atoms with Crippen LogP contribution in [-0.4, -0.2) is 74.6 Å². The molecule has 2 atom stereocenters. The first-order chi connectivity index (χ1) is 18.0. The van der Waals surface area contributed by atoms with Gasteiger partial charge in [-0.15, -0.1) is 0 Å². The third kappa shape index (κ3) is 10.3. The van der Waals surface area contributed by atoms with Crippen molar-refractivity contribution in [2.45, 2.75) is 92.2 Å². The minimum absolute atomic E-state index is 0.0423. The summed E-state index contributed by atoms with van der Waals surface area (Å²) >= 11 is 0. The summed E-state index contributed by atoms with van der Waals surface area (Å²) in [5.74, 6) is 0. The summed E-state index contributed by atoms with van der Waals surface area (Å²) in [4.78, 5) is 4.94. The lowest BCUT2D eigenvalue weighted by molar-refractivity contribution is 0.103. The lowest BCUT2D eigenvalue weighted by atomic mass is 9.87. The molecule has 2 aliphatic rings. The molecule has 38 heavy (non-hydrogen) atoms. The van der Waals surface area contributed by atoms with E-state index in [9.17, 15) is 4.57 Å². The predicted octanol–water partition coefficient (Wildman–Crippen LogP) is 5.43. The van der Waals surface area contributed by atoms with Crippen LogP contribution in [0.15, 0.2) is 30.3 Å². The maximum absolute atomic E-state index is 14.4. The van der Waals surface area contributed by atoms with Crippen molar-refractivity contribution in [1.82, 2.24) is 20.4 Å². The molecule has 2 aliphatic heterocycles. The molecule has 7 nitrogen and oxygen atoms in total. The Bertz CT molecular complexity index is 795. The summed E-state index contributed by atoms with van der Waals surface area (Å²) in [5, 5.41) is 8.03. The fraction of sp³-hybridized carbons (Fsp3) is 0.800. The zero-order valence-corrected chi connectivity index (χ0v) is 25.9. The van der Waals surface area contributed by atoms with Crippen molar-refractivity contribution in [1.29, 1.82) is 0 Å². The zero-order chi connectivity index (χ0) is 27.7. The number of nitrogens with zero attached hydrogens (tertiary/aromatic N) is 2. The second-order valence-corrected chi connectivity index (χ2v) is 15.4. The third-order valence-corrected chi connectivity index (χ3v) is 9.91. The highest BCUT2D eigenvalue weighted by atomic mass is 31.2. The van der Waals surface area contributed by atoms with E-state index in [0.717, 1.165) is 39.5 Å². The largest absolute Gasteiger partial charge is 0.361 e. The van der Waals surface area contributed by atoms with E-state index in [1.54, 1.807) is 0 Å². The molecule has 0 unspecified atom stereocenters. The van der Waals surface area contributed by atoms with Gasteiger partial charge < -0.3 is 9.05 Å². The Morgan fingerprint density at radius 2 is 1.11 bits per heavy atom. The molecule has 8 heteroatoms. The van der Waals surface area contributed by atoms with Crippen molar-refractivity contribution in [3.8, 4) is 0 Å². The van der Waals surface area contributed by atoms with Crippen molar-refractivity contribution in [3.63, 3.8) is 0 Å². The maximum atomic E-state index is 14.4. The number of hydrogen-bond donors (Lipinski definition) is 2. The third-order valence-electron chi connectivity index (χ3n) is 8.01. The van der Waals surface area contributed by atoms with E-state index in [-0.39, 0.29) is 22.9 Å². The van der Waals surface area contributed by atoms with Gasteiger partial charge in [0.2, 0.25) is 0 Å². The molecule has 2 saturated heterocycles. The molecule has 3 rings (SSSR count). The van der Waals surface area contributed by atoms with Crippen LogP contribution in [0.2, 0.25) is 0 Å². The number of likely N-dealkylation sites (tertiary alicyclic amines) is 2. The average molecular weight is 551 g/mol. The standard InChI is InChI=1S/C30H55N4O3P/c1-29(2,3)27(31-24-33-18-12-8-13-19-33)22-36-38(35,26-16-10-7-11-17-26)37-23-28(30(4,5)6)32-25-34-20-14-9-15-21-34/h7,10-11,16-17,27-28,31-32H,8-9,12-15,18-25H2,1-6H3/t27-,28-/m1/s1. The number of rotatable bonds is 13. The predicted molar refractivity (Wildman–Crippen MR) is 159 cm³/mol. The number of hydrogen-bond acceptors (Lipinski definition) is 7. The fourth-order valence-corrected chi connectivity index (χ4v) is 6.69. The van der Waals surface area contributed by atoms with Gasteiger partial charge in [0.05, 0.1) is 18.5 Å². The van der Waals surface area contributed by atoms with Crippen molar-refractivity contribution in [3.05, 3.63) is 30.3 Å². The molecule has 1 aromatic carbocycles. The van der Waals surface area contributed by atoms with Crippen LogP contribution in [0.5, 0.6) is 0 Å². The highest BCUT2D eigenvalue weighted by molar-refractivity contribution is 7.62. The molecule has 0 radical (unpaired) electrons. The van der Waals surface area contributed by atoms with E-state index < -0.39 is 7.60 Å². The highest BCUT2D eigenvalue weighted by Gasteiger charge is 2.35. The van der Waals surface area contributed by atoms with Gasteiger partial charge in [-0.1, -0.05) is 72.6 Å². The van der Waals surface area contributed by atoms with Gasteiger partial charge in [-0.2, -0.15) is 0 Å². The minimum Gasteiger partial charge on any atom is -0.304 e. The van der Waals surface area contributed by atoms with Gasteiger partial charge in [-0.25, -0.2) is 0 Å². The molecule has 1 aromatic rings. The SMILES string of the molecule is CC(C)(C)[C@@H](COP(=O)(OC[C@@H](NCN1CCCCC1)C(C)(C)C)c1ccccc1)NCN1CCCCC1. The van der Waals surface area contributed by atoms with Gasteiger partial charge in [0, 0.05) is 25.4 Å². The van der Waals surface area contributed by atoms with Crippen LogP contribution < -0.4 is 15.9 Å². The molecule has 2 N–H and O–H groups in total. The van der Waals surface area contributed by atoms with Gasteiger partial charge in [-0.05, 0) is 74.8 Å². The topological polar surface area (TPSA) is 66.1 Å². The molecule has 0 saturated carbocycles. The van der Waals surface area contributed by atoms with Gasteiger partial charge in [0.15, 0.2) is 0 Å². The van der Waals surface area contributed by atoms with Crippen LogP contribution in [0.3, 0.4) is 0 Å². The van der Waals surface area contributed by atoms with Crippen LogP contribution in [0.4, 0.5) is 0 Å². The van der Waals surface area contributed by atoms with E-state index in [0.29, 0.717) is 18.5 Å². The van der Waals surface area contributed by atoms with Crippen molar-refractivity contribution in [2.24, 2.45) is 10.8 Å². The Kier molecular flexibility index (Phi) is 12.3. The number of piperidine rings is 2. The van der Waals surface area contributed by atoms with Crippen molar-refractivity contribution >= 4 is 12.9 Å². The van der Waals surface area contributed by atoms with Crippen LogP contribution >= 0.6 is 7.60 Å². The molecular formula is C30H55N4O3P. The van der Waals surface area contributed by atoms with E-state index in [2.05, 4.69) is 62.0 Å². The van der Waals surface area contributed by atoms with Crippen LogP contribution in [0.25, 0.3) is 0 Å². The lowest BCUT2D eigenvalue weighted by Crippen LogP contribution is -2.50. The van der Waals surface area contributed by atoms with Crippen LogP contribution in [-0.2, 0) is 13.6 Å². The molecule has 2 heterocycles. The smallest absolute Gasteiger partial charge is 0.304 e. The summed E-state index contributed by atoms with van der Waals surface area (Å²) in [6.07, 6.45) is 7.68. The van der Waals surface area contributed by atoms with Gasteiger partial charge >= 0.3 is 7.60 Å².